The lowest BCUT2D eigenvalue weighted by Crippen LogP contribution is -2.33. The molecule has 0 N–H and O–H groups in total. The van der Waals surface area contributed by atoms with E-state index in [0.717, 1.165) is 17.9 Å². The maximum absolute atomic E-state index is 11.6. The summed E-state index contributed by atoms with van der Waals surface area (Å²) in [6, 6.07) is 3.90. The van der Waals surface area contributed by atoms with Crippen molar-refractivity contribution in [2.24, 2.45) is 0 Å². The molecule has 4 nitrogen and oxygen atoms in total. The number of fused-ring (bicyclic) bond motifs is 1. The number of likely N-dealkylation sites (N-methyl/N-ethyl adjacent to an activating group) is 1. The fourth-order valence-corrected chi connectivity index (χ4v) is 1.88. The van der Waals surface area contributed by atoms with Gasteiger partial charge in [-0.2, -0.15) is 0 Å². The smallest absolute Gasteiger partial charge is 0.246 e. The van der Waals surface area contributed by atoms with Gasteiger partial charge in [0.25, 0.3) is 0 Å². The minimum atomic E-state index is -0.0231. The van der Waals surface area contributed by atoms with E-state index >= 15 is 0 Å². The number of rotatable bonds is 1. The third-order valence-electron chi connectivity index (χ3n) is 2.78. The van der Waals surface area contributed by atoms with Crippen LogP contribution < -0.4 is 4.90 Å². The first kappa shape index (κ1) is 10.7. The van der Waals surface area contributed by atoms with Crippen molar-refractivity contribution in [3.63, 3.8) is 0 Å². The van der Waals surface area contributed by atoms with E-state index in [1.165, 1.54) is 6.08 Å². The first-order valence-electron chi connectivity index (χ1n) is 5.28. The Morgan fingerprint density at radius 1 is 1.56 bits per heavy atom. The number of pyridine rings is 1. The summed E-state index contributed by atoms with van der Waals surface area (Å²) < 4.78 is 0. The predicted molar refractivity (Wildman–Crippen MR) is 63.1 cm³/mol. The Balaban J connectivity index is 2.31. The van der Waals surface area contributed by atoms with E-state index in [1.807, 2.05) is 19.2 Å². The zero-order valence-electron chi connectivity index (χ0n) is 9.39. The first-order chi connectivity index (χ1) is 7.72. The van der Waals surface area contributed by atoms with Crippen LogP contribution in [0.5, 0.6) is 0 Å². The highest BCUT2D eigenvalue weighted by molar-refractivity contribution is 5.87. The molecule has 0 unspecified atom stereocenters. The van der Waals surface area contributed by atoms with E-state index in [2.05, 4.69) is 16.5 Å². The molecule has 0 bridgehead atoms. The summed E-state index contributed by atoms with van der Waals surface area (Å²) in [7, 11) is 1.99. The molecule has 0 spiro atoms. The maximum Gasteiger partial charge on any atom is 0.246 e. The number of anilines is 1. The molecule has 1 aliphatic heterocycles. The standard InChI is InChI=1S/C12H15N3O/c1-3-11(16)15-8-7-14(2)12-10(9-15)5-4-6-13-12/h3-6H,1,7-9H2,2H3. The molecule has 1 amide bonds. The first-order valence-corrected chi connectivity index (χ1v) is 5.28. The van der Waals surface area contributed by atoms with Crippen LogP contribution in [0.2, 0.25) is 0 Å². The number of nitrogens with zero attached hydrogens (tertiary/aromatic N) is 3. The van der Waals surface area contributed by atoms with Crippen molar-refractivity contribution < 1.29 is 4.79 Å². The molecule has 0 aromatic carbocycles. The van der Waals surface area contributed by atoms with Gasteiger partial charge in [0.1, 0.15) is 5.82 Å². The Morgan fingerprint density at radius 2 is 2.38 bits per heavy atom. The Morgan fingerprint density at radius 3 is 3.12 bits per heavy atom. The topological polar surface area (TPSA) is 36.4 Å². The molecule has 1 aromatic heterocycles. The predicted octanol–water partition coefficient (Wildman–Crippen LogP) is 1.05. The number of hydrogen-bond donors (Lipinski definition) is 0. The van der Waals surface area contributed by atoms with E-state index in [-0.39, 0.29) is 5.91 Å². The van der Waals surface area contributed by atoms with Crippen molar-refractivity contribution in [2.75, 3.05) is 25.0 Å². The van der Waals surface area contributed by atoms with E-state index in [1.54, 1.807) is 11.1 Å². The Hall–Kier alpha value is -1.84. The highest BCUT2D eigenvalue weighted by Gasteiger charge is 2.19. The summed E-state index contributed by atoms with van der Waals surface area (Å²) in [6.07, 6.45) is 3.14. The average Bonchev–Trinajstić information content (AvgIpc) is 2.49. The quantitative estimate of drug-likeness (QED) is 0.660. The number of carbonyl (C=O) groups is 1. The van der Waals surface area contributed by atoms with Crippen LogP contribution in [0.3, 0.4) is 0 Å². The molecule has 0 aliphatic carbocycles. The largest absolute Gasteiger partial charge is 0.358 e. The van der Waals surface area contributed by atoms with Crippen molar-refractivity contribution in [1.29, 1.82) is 0 Å². The van der Waals surface area contributed by atoms with Crippen LogP contribution >= 0.6 is 0 Å². The molecule has 0 saturated carbocycles. The van der Waals surface area contributed by atoms with Gasteiger partial charge in [-0.1, -0.05) is 12.6 Å². The summed E-state index contributed by atoms with van der Waals surface area (Å²) in [6.45, 7) is 5.63. The van der Waals surface area contributed by atoms with Gasteiger partial charge in [-0.25, -0.2) is 4.98 Å². The van der Waals surface area contributed by atoms with Crippen LogP contribution in [0.4, 0.5) is 5.82 Å². The minimum Gasteiger partial charge on any atom is -0.358 e. The highest BCUT2D eigenvalue weighted by atomic mass is 16.2. The zero-order chi connectivity index (χ0) is 11.5. The summed E-state index contributed by atoms with van der Waals surface area (Å²) in [4.78, 5) is 19.8. The van der Waals surface area contributed by atoms with Gasteiger partial charge >= 0.3 is 0 Å². The molecule has 84 valence electrons. The third-order valence-corrected chi connectivity index (χ3v) is 2.78. The monoisotopic (exact) mass is 217 g/mol. The van der Waals surface area contributed by atoms with E-state index in [9.17, 15) is 4.79 Å². The third kappa shape index (κ3) is 1.91. The Kier molecular flexibility index (Phi) is 2.90. The number of hydrogen-bond acceptors (Lipinski definition) is 3. The molecule has 0 radical (unpaired) electrons. The van der Waals surface area contributed by atoms with E-state index in [0.29, 0.717) is 13.1 Å². The lowest BCUT2D eigenvalue weighted by atomic mass is 10.2. The van der Waals surface area contributed by atoms with Gasteiger partial charge in [-0.15, -0.1) is 0 Å². The van der Waals surface area contributed by atoms with Gasteiger partial charge < -0.3 is 9.80 Å². The summed E-state index contributed by atoms with van der Waals surface area (Å²) in [5.41, 5.74) is 1.08. The van der Waals surface area contributed by atoms with Gasteiger partial charge in [0, 0.05) is 38.4 Å². The molecule has 2 heterocycles. The average molecular weight is 217 g/mol. The lowest BCUT2D eigenvalue weighted by Gasteiger charge is -2.18. The van der Waals surface area contributed by atoms with Crippen molar-refractivity contribution >= 4 is 11.7 Å². The van der Waals surface area contributed by atoms with Gasteiger partial charge in [0.2, 0.25) is 5.91 Å². The van der Waals surface area contributed by atoms with Gasteiger partial charge in [0.05, 0.1) is 0 Å². The van der Waals surface area contributed by atoms with Crippen LogP contribution in [0.25, 0.3) is 0 Å². The van der Waals surface area contributed by atoms with Crippen molar-refractivity contribution in [3.8, 4) is 0 Å². The second-order valence-electron chi connectivity index (χ2n) is 3.87. The van der Waals surface area contributed by atoms with E-state index in [4.69, 9.17) is 0 Å². The van der Waals surface area contributed by atoms with Gasteiger partial charge in [0.15, 0.2) is 0 Å². The molecule has 0 saturated heterocycles. The highest BCUT2D eigenvalue weighted by Crippen LogP contribution is 2.20. The van der Waals surface area contributed by atoms with Crippen LogP contribution in [0.1, 0.15) is 5.56 Å². The van der Waals surface area contributed by atoms with Crippen molar-refractivity contribution in [2.45, 2.75) is 6.54 Å². The minimum absolute atomic E-state index is 0.0231. The Bertz CT molecular complexity index is 416. The number of aromatic nitrogens is 1. The molecule has 1 aliphatic rings. The Labute approximate surface area is 95.2 Å². The molecule has 2 rings (SSSR count). The van der Waals surface area contributed by atoms with Gasteiger partial charge in [-0.3, -0.25) is 4.79 Å². The fourth-order valence-electron chi connectivity index (χ4n) is 1.88. The molecule has 1 aromatic rings. The van der Waals surface area contributed by atoms with Crippen molar-refractivity contribution in [1.82, 2.24) is 9.88 Å². The van der Waals surface area contributed by atoms with Crippen LogP contribution in [-0.2, 0) is 11.3 Å². The molecule has 0 atom stereocenters. The molecular weight excluding hydrogens is 202 g/mol. The van der Waals surface area contributed by atoms with Crippen molar-refractivity contribution in [3.05, 3.63) is 36.5 Å². The van der Waals surface area contributed by atoms with Crippen LogP contribution in [0.15, 0.2) is 31.0 Å². The number of carbonyl (C=O) groups excluding carboxylic acids is 1. The zero-order valence-corrected chi connectivity index (χ0v) is 9.39. The maximum atomic E-state index is 11.6. The lowest BCUT2D eigenvalue weighted by molar-refractivity contribution is -0.126. The summed E-state index contributed by atoms with van der Waals surface area (Å²) in [5.74, 6) is 0.937. The second-order valence-corrected chi connectivity index (χ2v) is 3.87. The molecular formula is C12H15N3O. The summed E-state index contributed by atoms with van der Waals surface area (Å²) >= 11 is 0. The number of amides is 1. The second kappa shape index (κ2) is 4.35. The van der Waals surface area contributed by atoms with Crippen LogP contribution in [0, 0.1) is 0 Å². The summed E-state index contributed by atoms with van der Waals surface area (Å²) in [5, 5.41) is 0. The SMILES string of the molecule is C=CC(=O)N1CCN(C)c2ncccc2C1. The molecule has 0 fully saturated rings. The van der Waals surface area contributed by atoms with Gasteiger partial charge in [-0.05, 0) is 12.1 Å². The van der Waals surface area contributed by atoms with E-state index < -0.39 is 0 Å². The molecule has 4 heteroatoms. The normalized spacial score (nSPS) is 15.3. The fraction of sp³-hybridized carbons (Fsp3) is 0.333. The molecule has 16 heavy (non-hydrogen) atoms. The van der Waals surface area contributed by atoms with Crippen LogP contribution in [-0.4, -0.2) is 35.9 Å².